The molecule has 0 radical (unpaired) electrons. The smallest absolute Gasteiger partial charge is 0.255 e. The zero-order valence-electron chi connectivity index (χ0n) is 10.1. The van der Waals surface area contributed by atoms with Gasteiger partial charge in [0.05, 0.1) is 5.69 Å². The topological polar surface area (TPSA) is 87.7 Å². The lowest BCUT2D eigenvalue weighted by molar-refractivity contribution is 0.102. The number of hydrogen-bond acceptors (Lipinski definition) is 3. The molecular formula is C14H13N3O2. The zero-order valence-corrected chi connectivity index (χ0v) is 10.1. The second-order valence-corrected chi connectivity index (χ2v) is 3.85. The first kappa shape index (κ1) is 12.6. The Kier molecular flexibility index (Phi) is 3.78. The first-order chi connectivity index (χ1) is 9.22. The molecule has 0 aromatic heterocycles. The lowest BCUT2D eigenvalue weighted by atomic mass is 10.1. The molecule has 0 aliphatic rings. The number of nitrogens with one attached hydrogen (secondary N) is 1. The molecule has 2 rings (SSSR count). The molecule has 5 nitrogen and oxygen atoms in total. The van der Waals surface area contributed by atoms with Gasteiger partial charge in [-0.05, 0) is 24.3 Å². The van der Waals surface area contributed by atoms with Crippen LogP contribution in [-0.4, -0.2) is 17.0 Å². The Morgan fingerprint density at radius 2 is 1.68 bits per heavy atom. The van der Waals surface area contributed by atoms with Crippen molar-refractivity contribution in [1.29, 1.82) is 0 Å². The minimum Gasteiger partial charge on any atom is -0.409 e. The van der Waals surface area contributed by atoms with Gasteiger partial charge in [0.1, 0.15) is 0 Å². The molecule has 0 aliphatic heterocycles. The molecule has 0 spiro atoms. The van der Waals surface area contributed by atoms with Gasteiger partial charge in [0.2, 0.25) is 0 Å². The predicted molar refractivity (Wildman–Crippen MR) is 73.3 cm³/mol. The van der Waals surface area contributed by atoms with Crippen LogP contribution in [0.4, 0.5) is 5.69 Å². The third-order valence-electron chi connectivity index (χ3n) is 2.59. The lowest BCUT2D eigenvalue weighted by Crippen LogP contribution is -2.19. The van der Waals surface area contributed by atoms with E-state index in [2.05, 4.69) is 10.5 Å². The number of nitrogens with two attached hydrogens (primary N) is 1. The maximum absolute atomic E-state index is 12.0. The van der Waals surface area contributed by atoms with Crippen molar-refractivity contribution in [2.45, 2.75) is 0 Å². The summed E-state index contributed by atoms with van der Waals surface area (Å²) in [5.41, 5.74) is 7.06. The number of nitrogens with zero attached hydrogens (tertiary/aromatic N) is 1. The quantitative estimate of drug-likeness (QED) is 0.339. The van der Waals surface area contributed by atoms with Gasteiger partial charge in [-0.2, -0.15) is 0 Å². The Labute approximate surface area is 110 Å². The molecule has 0 heterocycles. The fourth-order valence-electron chi connectivity index (χ4n) is 1.65. The molecule has 1 amide bonds. The summed E-state index contributed by atoms with van der Waals surface area (Å²) in [5, 5.41) is 14.4. The number of carbonyl (C=O) groups is 1. The second kappa shape index (κ2) is 5.68. The van der Waals surface area contributed by atoms with E-state index in [0.29, 0.717) is 16.8 Å². The van der Waals surface area contributed by atoms with Crippen LogP contribution < -0.4 is 11.1 Å². The SMILES string of the molecule is N/C(=N/O)c1ccccc1NC(=O)c1ccccc1. The number of hydrogen-bond donors (Lipinski definition) is 3. The first-order valence-corrected chi connectivity index (χ1v) is 5.65. The van der Waals surface area contributed by atoms with E-state index in [-0.39, 0.29) is 11.7 Å². The van der Waals surface area contributed by atoms with Crippen LogP contribution in [0.25, 0.3) is 0 Å². The first-order valence-electron chi connectivity index (χ1n) is 5.65. The molecule has 0 saturated heterocycles. The summed E-state index contributed by atoms with van der Waals surface area (Å²) in [6.07, 6.45) is 0. The Morgan fingerprint density at radius 3 is 2.37 bits per heavy atom. The summed E-state index contributed by atoms with van der Waals surface area (Å²) in [6.45, 7) is 0. The summed E-state index contributed by atoms with van der Waals surface area (Å²) in [6, 6.07) is 15.7. The molecule has 0 unspecified atom stereocenters. The van der Waals surface area contributed by atoms with Gasteiger partial charge < -0.3 is 16.3 Å². The van der Waals surface area contributed by atoms with Gasteiger partial charge in [-0.25, -0.2) is 0 Å². The van der Waals surface area contributed by atoms with Crippen LogP contribution >= 0.6 is 0 Å². The van der Waals surface area contributed by atoms with Crippen molar-refractivity contribution in [2.75, 3.05) is 5.32 Å². The van der Waals surface area contributed by atoms with Crippen molar-refractivity contribution in [1.82, 2.24) is 0 Å². The number of amidine groups is 1. The molecule has 0 aliphatic carbocycles. The van der Waals surface area contributed by atoms with Crippen molar-refractivity contribution in [3.05, 3.63) is 65.7 Å². The lowest BCUT2D eigenvalue weighted by Gasteiger charge is -2.09. The highest BCUT2D eigenvalue weighted by molar-refractivity contribution is 6.09. The monoisotopic (exact) mass is 255 g/mol. The maximum atomic E-state index is 12.0. The van der Waals surface area contributed by atoms with Crippen LogP contribution in [0.1, 0.15) is 15.9 Å². The van der Waals surface area contributed by atoms with Gasteiger partial charge in [-0.1, -0.05) is 35.5 Å². The van der Waals surface area contributed by atoms with Gasteiger partial charge in [-0.15, -0.1) is 0 Å². The number of carbonyl (C=O) groups excluding carboxylic acids is 1. The average Bonchev–Trinajstić information content (AvgIpc) is 2.48. The standard InChI is InChI=1S/C14H13N3O2/c15-13(17-19)11-8-4-5-9-12(11)16-14(18)10-6-2-1-3-7-10/h1-9,19H,(H2,15,17)(H,16,18). The number of oxime groups is 1. The van der Waals surface area contributed by atoms with E-state index >= 15 is 0 Å². The van der Waals surface area contributed by atoms with E-state index in [1.54, 1.807) is 48.5 Å². The van der Waals surface area contributed by atoms with Crippen molar-refractivity contribution < 1.29 is 10.0 Å². The number of para-hydroxylation sites is 1. The van der Waals surface area contributed by atoms with Gasteiger partial charge in [-0.3, -0.25) is 4.79 Å². The highest BCUT2D eigenvalue weighted by Crippen LogP contribution is 2.15. The molecule has 4 N–H and O–H groups in total. The molecule has 19 heavy (non-hydrogen) atoms. The molecule has 2 aromatic carbocycles. The van der Waals surface area contributed by atoms with Crippen LogP contribution in [0, 0.1) is 0 Å². The summed E-state index contributed by atoms with van der Waals surface area (Å²) in [4.78, 5) is 12.0. The van der Waals surface area contributed by atoms with Gasteiger partial charge >= 0.3 is 0 Å². The molecule has 0 saturated carbocycles. The summed E-state index contributed by atoms with van der Waals surface area (Å²) in [7, 11) is 0. The van der Waals surface area contributed by atoms with E-state index in [1.165, 1.54) is 0 Å². The van der Waals surface area contributed by atoms with E-state index in [9.17, 15) is 4.79 Å². The normalized spacial score (nSPS) is 11.1. The fourth-order valence-corrected chi connectivity index (χ4v) is 1.65. The highest BCUT2D eigenvalue weighted by atomic mass is 16.4. The maximum Gasteiger partial charge on any atom is 0.255 e. The minimum atomic E-state index is -0.251. The molecule has 5 heteroatoms. The highest BCUT2D eigenvalue weighted by Gasteiger charge is 2.10. The van der Waals surface area contributed by atoms with Crippen molar-refractivity contribution in [3.8, 4) is 0 Å². The van der Waals surface area contributed by atoms with Crippen molar-refractivity contribution in [3.63, 3.8) is 0 Å². The van der Waals surface area contributed by atoms with Gasteiger partial charge in [0.25, 0.3) is 5.91 Å². The van der Waals surface area contributed by atoms with Crippen LogP contribution in [0.15, 0.2) is 59.8 Å². The third kappa shape index (κ3) is 2.90. The Bertz CT molecular complexity index is 609. The van der Waals surface area contributed by atoms with Gasteiger partial charge in [0, 0.05) is 11.1 Å². The van der Waals surface area contributed by atoms with E-state index in [4.69, 9.17) is 10.9 Å². The van der Waals surface area contributed by atoms with Crippen LogP contribution in [0.3, 0.4) is 0 Å². The average molecular weight is 255 g/mol. The van der Waals surface area contributed by atoms with E-state index in [0.717, 1.165) is 0 Å². The minimum absolute atomic E-state index is 0.0519. The molecule has 2 aromatic rings. The van der Waals surface area contributed by atoms with Gasteiger partial charge in [0.15, 0.2) is 5.84 Å². The second-order valence-electron chi connectivity index (χ2n) is 3.85. The van der Waals surface area contributed by atoms with Crippen LogP contribution in [-0.2, 0) is 0 Å². The van der Waals surface area contributed by atoms with Crippen LogP contribution in [0.5, 0.6) is 0 Å². The Balaban J connectivity index is 2.27. The fraction of sp³-hybridized carbons (Fsp3) is 0. The Hall–Kier alpha value is -2.82. The van der Waals surface area contributed by atoms with Crippen molar-refractivity contribution in [2.24, 2.45) is 10.9 Å². The summed E-state index contributed by atoms with van der Waals surface area (Å²) < 4.78 is 0. The zero-order chi connectivity index (χ0) is 13.7. The number of benzene rings is 2. The molecule has 0 fully saturated rings. The van der Waals surface area contributed by atoms with Crippen molar-refractivity contribution >= 4 is 17.4 Å². The Morgan fingerprint density at radius 1 is 1.05 bits per heavy atom. The molecular weight excluding hydrogens is 242 g/mol. The molecule has 0 bridgehead atoms. The third-order valence-corrected chi connectivity index (χ3v) is 2.59. The van der Waals surface area contributed by atoms with Crippen LogP contribution in [0.2, 0.25) is 0 Å². The number of rotatable bonds is 3. The molecule has 96 valence electrons. The number of amides is 1. The summed E-state index contributed by atoms with van der Waals surface area (Å²) in [5.74, 6) is -0.303. The summed E-state index contributed by atoms with van der Waals surface area (Å²) >= 11 is 0. The number of anilines is 1. The molecule has 0 atom stereocenters. The van der Waals surface area contributed by atoms with E-state index < -0.39 is 0 Å². The largest absolute Gasteiger partial charge is 0.409 e. The van der Waals surface area contributed by atoms with E-state index in [1.807, 2.05) is 6.07 Å². The predicted octanol–water partition coefficient (Wildman–Crippen LogP) is 2.03.